The van der Waals surface area contributed by atoms with Crippen molar-refractivity contribution in [1.82, 2.24) is 14.9 Å². The van der Waals surface area contributed by atoms with Gasteiger partial charge in [-0.05, 0) is 31.9 Å². The molecule has 0 amide bonds. The van der Waals surface area contributed by atoms with Gasteiger partial charge in [0.25, 0.3) is 0 Å². The standard InChI is InChI=1S/C22H30N4O2S/c1-18-23-21-11-14-25(15-16-29(27,28)19-9-5-4-6-10-19)17-20(21)22(24-18)26-12-7-2-3-8-13-26/h4-6,9-10H,2-3,7-8,11-17H2,1H3. The second-order valence-corrected chi connectivity index (χ2v) is 10.2. The van der Waals surface area contributed by atoms with Gasteiger partial charge in [0, 0.05) is 44.7 Å². The second-order valence-electron chi connectivity index (χ2n) is 8.08. The molecule has 2 aromatic rings. The van der Waals surface area contributed by atoms with E-state index in [0.717, 1.165) is 49.9 Å². The highest BCUT2D eigenvalue weighted by molar-refractivity contribution is 7.91. The first-order valence-electron chi connectivity index (χ1n) is 10.6. The number of nitrogens with zero attached hydrogens (tertiary/aromatic N) is 4. The normalized spacial score (nSPS) is 18.3. The van der Waals surface area contributed by atoms with Gasteiger partial charge in [-0.15, -0.1) is 0 Å². The lowest BCUT2D eigenvalue weighted by Crippen LogP contribution is -2.37. The summed E-state index contributed by atoms with van der Waals surface area (Å²) in [5.74, 6) is 2.05. The van der Waals surface area contributed by atoms with Gasteiger partial charge in [0.15, 0.2) is 9.84 Å². The highest BCUT2D eigenvalue weighted by Gasteiger charge is 2.26. The molecule has 2 aliphatic rings. The summed E-state index contributed by atoms with van der Waals surface area (Å²) >= 11 is 0. The van der Waals surface area contributed by atoms with E-state index >= 15 is 0 Å². The SMILES string of the molecule is Cc1nc2c(c(N3CCCCCC3)n1)CN(CCS(=O)(=O)c1ccccc1)CC2. The van der Waals surface area contributed by atoms with Gasteiger partial charge in [-0.25, -0.2) is 18.4 Å². The second kappa shape index (κ2) is 8.79. The number of benzene rings is 1. The summed E-state index contributed by atoms with van der Waals surface area (Å²) in [4.78, 5) is 14.6. The number of rotatable bonds is 5. The molecule has 0 bridgehead atoms. The first-order valence-corrected chi connectivity index (χ1v) is 12.3. The van der Waals surface area contributed by atoms with Crippen LogP contribution in [-0.4, -0.2) is 55.2 Å². The molecule has 4 rings (SSSR count). The molecule has 0 saturated carbocycles. The van der Waals surface area contributed by atoms with Crippen LogP contribution in [0.25, 0.3) is 0 Å². The predicted octanol–water partition coefficient (Wildman–Crippen LogP) is 3.00. The number of fused-ring (bicyclic) bond motifs is 1. The molecule has 3 heterocycles. The lowest BCUT2D eigenvalue weighted by Gasteiger charge is -2.32. The van der Waals surface area contributed by atoms with Crippen LogP contribution >= 0.6 is 0 Å². The average Bonchev–Trinajstić information content (AvgIpc) is 3.02. The highest BCUT2D eigenvalue weighted by atomic mass is 32.2. The fourth-order valence-electron chi connectivity index (χ4n) is 4.30. The largest absolute Gasteiger partial charge is 0.356 e. The maximum atomic E-state index is 12.7. The van der Waals surface area contributed by atoms with Crippen LogP contribution in [0.4, 0.5) is 5.82 Å². The fourth-order valence-corrected chi connectivity index (χ4v) is 5.61. The predicted molar refractivity (Wildman–Crippen MR) is 115 cm³/mol. The Kier molecular flexibility index (Phi) is 6.15. The van der Waals surface area contributed by atoms with Gasteiger partial charge < -0.3 is 4.90 Å². The van der Waals surface area contributed by atoms with Crippen molar-refractivity contribution in [2.24, 2.45) is 0 Å². The lowest BCUT2D eigenvalue weighted by molar-refractivity contribution is 0.266. The number of sulfone groups is 1. The first kappa shape index (κ1) is 20.3. The quantitative estimate of drug-likeness (QED) is 0.749. The summed E-state index contributed by atoms with van der Waals surface area (Å²) in [7, 11) is -3.26. The van der Waals surface area contributed by atoms with Crippen LogP contribution in [0.15, 0.2) is 35.2 Å². The molecule has 29 heavy (non-hydrogen) atoms. The number of aryl methyl sites for hydroxylation is 1. The molecule has 6 nitrogen and oxygen atoms in total. The van der Waals surface area contributed by atoms with Gasteiger partial charge in [0.2, 0.25) is 0 Å². The third-order valence-corrected chi connectivity index (χ3v) is 7.62. The number of hydrogen-bond acceptors (Lipinski definition) is 6. The van der Waals surface area contributed by atoms with Crippen molar-refractivity contribution in [3.63, 3.8) is 0 Å². The van der Waals surface area contributed by atoms with Crippen molar-refractivity contribution in [2.45, 2.75) is 50.5 Å². The Bertz CT molecular complexity index is 939. The first-order chi connectivity index (χ1) is 14.0. The van der Waals surface area contributed by atoms with Gasteiger partial charge in [-0.1, -0.05) is 31.0 Å². The van der Waals surface area contributed by atoms with Crippen molar-refractivity contribution in [1.29, 1.82) is 0 Å². The molecule has 0 N–H and O–H groups in total. The summed E-state index contributed by atoms with van der Waals surface area (Å²) in [6, 6.07) is 8.74. The molecule has 156 valence electrons. The molecule has 1 aromatic carbocycles. The van der Waals surface area contributed by atoms with E-state index in [-0.39, 0.29) is 5.75 Å². The Morgan fingerprint density at radius 1 is 0.966 bits per heavy atom. The number of aromatic nitrogens is 2. The third kappa shape index (κ3) is 4.78. The van der Waals surface area contributed by atoms with Gasteiger partial charge in [-0.2, -0.15) is 0 Å². The van der Waals surface area contributed by atoms with E-state index in [1.807, 2.05) is 13.0 Å². The zero-order chi connectivity index (χ0) is 20.3. The summed E-state index contributed by atoms with van der Waals surface area (Å²) in [5, 5.41) is 0. The molecule has 0 atom stereocenters. The van der Waals surface area contributed by atoms with Crippen molar-refractivity contribution < 1.29 is 8.42 Å². The van der Waals surface area contributed by atoms with Crippen molar-refractivity contribution in [2.75, 3.05) is 36.8 Å². The van der Waals surface area contributed by atoms with Crippen LogP contribution in [0, 0.1) is 6.92 Å². The van der Waals surface area contributed by atoms with E-state index in [4.69, 9.17) is 9.97 Å². The monoisotopic (exact) mass is 414 g/mol. The average molecular weight is 415 g/mol. The van der Waals surface area contributed by atoms with Crippen molar-refractivity contribution in [3.8, 4) is 0 Å². The smallest absolute Gasteiger partial charge is 0.179 e. The molecule has 2 aliphatic heterocycles. The molecule has 0 aliphatic carbocycles. The zero-order valence-corrected chi connectivity index (χ0v) is 18.0. The Labute approximate surface area is 173 Å². The maximum absolute atomic E-state index is 12.7. The van der Waals surface area contributed by atoms with Gasteiger partial charge in [0.05, 0.1) is 16.3 Å². The van der Waals surface area contributed by atoms with Crippen LogP contribution in [0.2, 0.25) is 0 Å². The van der Waals surface area contributed by atoms with Crippen LogP contribution in [0.3, 0.4) is 0 Å². The fraction of sp³-hybridized carbons (Fsp3) is 0.545. The molecule has 1 saturated heterocycles. The Hall–Kier alpha value is -1.99. The van der Waals surface area contributed by atoms with Gasteiger partial charge in [0.1, 0.15) is 11.6 Å². The maximum Gasteiger partial charge on any atom is 0.179 e. The highest BCUT2D eigenvalue weighted by Crippen LogP contribution is 2.28. The van der Waals surface area contributed by atoms with E-state index in [2.05, 4.69) is 9.80 Å². The minimum absolute atomic E-state index is 0.137. The van der Waals surface area contributed by atoms with Gasteiger partial charge in [-0.3, -0.25) is 4.90 Å². The molecular weight excluding hydrogens is 384 g/mol. The van der Waals surface area contributed by atoms with Crippen molar-refractivity contribution >= 4 is 15.7 Å². The van der Waals surface area contributed by atoms with Crippen LogP contribution < -0.4 is 4.90 Å². The zero-order valence-electron chi connectivity index (χ0n) is 17.2. The topological polar surface area (TPSA) is 66.4 Å². The Balaban J connectivity index is 1.50. The molecule has 0 radical (unpaired) electrons. The molecule has 0 unspecified atom stereocenters. The Morgan fingerprint density at radius 3 is 2.41 bits per heavy atom. The lowest BCUT2D eigenvalue weighted by atomic mass is 10.1. The summed E-state index contributed by atoms with van der Waals surface area (Å²) < 4.78 is 25.3. The summed E-state index contributed by atoms with van der Waals surface area (Å²) in [6.45, 7) is 6.17. The van der Waals surface area contributed by atoms with Crippen LogP contribution in [0.1, 0.15) is 42.8 Å². The number of hydrogen-bond donors (Lipinski definition) is 0. The Morgan fingerprint density at radius 2 is 1.69 bits per heavy atom. The van der Waals surface area contributed by atoms with E-state index < -0.39 is 9.84 Å². The van der Waals surface area contributed by atoms with E-state index in [1.54, 1.807) is 24.3 Å². The number of anilines is 1. The summed E-state index contributed by atoms with van der Waals surface area (Å²) in [6.07, 6.45) is 5.83. The molecule has 1 fully saturated rings. The molecule has 1 aromatic heterocycles. The molecule has 0 spiro atoms. The van der Waals surface area contributed by atoms with E-state index in [0.29, 0.717) is 11.4 Å². The van der Waals surface area contributed by atoms with Gasteiger partial charge >= 0.3 is 0 Å². The van der Waals surface area contributed by atoms with E-state index in [1.165, 1.54) is 31.2 Å². The van der Waals surface area contributed by atoms with Crippen LogP contribution in [0.5, 0.6) is 0 Å². The molecule has 7 heteroatoms. The van der Waals surface area contributed by atoms with Crippen molar-refractivity contribution in [3.05, 3.63) is 47.4 Å². The minimum atomic E-state index is -3.26. The van der Waals surface area contributed by atoms with E-state index in [9.17, 15) is 8.42 Å². The molecular formula is C22H30N4O2S. The third-order valence-electron chi connectivity index (χ3n) is 5.91. The van der Waals surface area contributed by atoms with Crippen LogP contribution in [-0.2, 0) is 22.8 Å². The minimum Gasteiger partial charge on any atom is -0.356 e. The summed E-state index contributed by atoms with van der Waals surface area (Å²) in [5.41, 5.74) is 2.33.